The summed E-state index contributed by atoms with van der Waals surface area (Å²) in [4.78, 5) is 17.2. The van der Waals surface area contributed by atoms with Crippen LogP contribution in [0.5, 0.6) is 0 Å². The van der Waals surface area contributed by atoms with Gasteiger partial charge in [0.05, 0.1) is 10.5 Å². The van der Waals surface area contributed by atoms with Crippen molar-refractivity contribution in [3.05, 3.63) is 46.1 Å². The monoisotopic (exact) mass is 284 g/mol. The van der Waals surface area contributed by atoms with Crippen LogP contribution in [0.15, 0.2) is 30.5 Å². The Kier molecular flexibility index (Phi) is 3.26. The number of halogens is 3. The first-order valence-electron chi connectivity index (χ1n) is 5.23. The van der Waals surface area contributed by atoms with Gasteiger partial charge in [0.2, 0.25) is 5.95 Å². The highest BCUT2D eigenvalue weighted by atomic mass is 19.4. The number of nitrogens with zero attached hydrogens (tertiary/aromatic N) is 3. The average Bonchev–Trinajstić information content (AvgIpc) is 2.37. The third-order valence-electron chi connectivity index (χ3n) is 2.45. The Morgan fingerprint density at radius 3 is 2.60 bits per heavy atom. The van der Waals surface area contributed by atoms with E-state index in [1.807, 2.05) is 0 Å². The summed E-state index contributed by atoms with van der Waals surface area (Å²) in [5.74, 6) is -0.261. The Bertz CT molecular complexity index is 673. The second-order valence-corrected chi connectivity index (χ2v) is 3.80. The molecule has 0 aliphatic carbocycles. The minimum Gasteiger partial charge on any atom is -0.368 e. The van der Waals surface area contributed by atoms with Crippen LogP contribution < -0.4 is 5.73 Å². The lowest BCUT2D eigenvalue weighted by Crippen LogP contribution is -2.05. The molecule has 0 aliphatic rings. The van der Waals surface area contributed by atoms with Gasteiger partial charge in [0.25, 0.3) is 0 Å². The predicted molar refractivity (Wildman–Crippen MR) is 63.5 cm³/mol. The molecule has 20 heavy (non-hydrogen) atoms. The minimum absolute atomic E-state index is 0.0550. The summed E-state index contributed by atoms with van der Waals surface area (Å²) in [5.41, 5.74) is 3.57. The van der Waals surface area contributed by atoms with Crippen molar-refractivity contribution in [2.24, 2.45) is 0 Å². The standard InChI is InChI=1S/C11H7F3N4O2/c12-11(13,14)7-3-1-2-6(4-7)9-8(18(19)20)5-16-10(15)17-9/h1-5H,(H2,15,16,17). The van der Waals surface area contributed by atoms with Crippen LogP contribution in [-0.2, 0) is 6.18 Å². The Labute approximate surface area is 110 Å². The van der Waals surface area contributed by atoms with Gasteiger partial charge in [-0.25, -0.2) is 9.97 Å². The van der Waals surface area contributed by atoms with Gasteiger partial charge in [-0.2, -0.15) is 13.2 Å². The number of aromatic nitrogens is 2. The van der Waals surface area contributed by atoms with Crippen LogP contribution in [0.4, 0.5) is 24.8 Å². The molecular formula is C11H7F3N4O2. The first kappa shape index (κ1) is 13.7. The lowest BCUT2D eigenvalue weighted by molar-refractivity contribution is -0.384. The molecule has 2 aromatic rings. The Morgan fingerprint density at radius 2 is 2.00 bits per heavy atom. The molecule has 0 bridgehead atoms. The number of anilines is 1. The van der Waals surface area contributed by atoms with E-state index >= 15 is 0 Å². The fourth-order valence-electron chi connectivity index (χ4n) is 1.58. The van der Waals surface area contributed by atoms with E-state index in [2.05, 4.69) is 9.97 Å². The summed E-state index contributed by atoms with van der Waals surface area (Å²) in [6.07, 6.45) is -3.69. The zero-order valence-corrected chi connectivity index (χ0v) is 9.76. The molecule has 0 radical (unpaired) electrons. The molecule has 0 amide bonds. The van der Waals surface area contributed by atoms with Gasteiger partial charge in [-0.3, -0.25) is 10.1 Å². The molecular weight excluding hydrogens is 277 g/mol. The van der Waals surface area contributed by atoms with Crippen LogP contribution in [-0.4, -0.2) is 14.9 Å². The highest BCUT2D eigenvalue weighted by Gasteiger charge is 2.31. The number of rotatable bonds is 2. The maximum atomic E-state index is 12.6. The van der Waals surface area contributed by atoms with Crippen molar-refractivity contribution in [3.63, 3.8) is 0 Å². The normalized spacial score (nSPS) is 11.3. The lowest BCUT2D eigenvalue weighted by Gasteiger charge is -2.08. The average molecular weight is 284 g/mol. The van der Waals surface area contributed by atoms with E-state index in [1.165, 1.54) is 6.07 Å². The largest absolute Gasteiger partial charge is 0.416 e. The third kappa shape index (κ3) is 2.66. The van der Waals surface area contributed by atoms with E-state index in [0.717, 1.165) is 24.4 Å². The van der Waals surface area contributed by atoms with E-state index in [1.54, 1.807) is 0 Å². The van der Waals surface area contributed by atoms with E-state index in [0.29, 0.717) is 0 Å². The van der Waals surface area contributed by atoms with Crippen molar-refractivity contribution < 1.29 is 18.1 Å². The van der Waals surface area contributed by atoms with E-state index < -0.39 is 22.4 Å². The summed E-state index contributed by atoms with van der Waals surface area (Å²) in [6.45, 7) is 0. The SMILES string of the molecule is Nc1ncc([N+](=O)[O-])c(-c2cccc(C(F)(F)F)c2)n1. The molecule has 0 saturated carbocycles. The molecule has 1 aromatic heterocycles. The van der Waals surface area contributed by atoms with Crippen LogP contribution in [0.2, 0.25) is 0 Å². The smallest absolute Gasteiger partial charge is 0.368 e. The number of benzene rings is 1. The molecule has 9 heteroatoms. The van der Waals surface area contributed by atoms with Gasteiger partial charge in [-0.1, -0.05) is 12.1 Å². The highest BCUT2D eigenvalue weighted by molar-refractivity contribution is 5.70. The second kappa shape index (κ2) is 4.76. The molecule has 6 nitrogen and oxygen atoms in total. The quantitative estimate of drug-likeness (QED) is 0.675. The topological polar surface area (TPSA) is 94.9 Å². The van der Waals surface area contributed by atoms with E-state index in [9.17, 15) is 23.3 Å². The zero-order valence-electron chi connectivity index (χ0n) is 9.76. The Hall–Kier alpha value is -2.71. The fourth-order valence-corrected chi connectivity index (χ4v) is 1.58. The maximum Gasteiger partial charge on any atom is 0.416 e. The summed E-state index contributed by atoms with van der Waals surface area (Å²) in [7, 11) is 0. The number of nitrogens with two attached hydrogens (primary N) is 1. The molecule has 1 heterocycles. The van der Waals surface area contributed by atoms with Gasteiger partial charge in [-0.15, -0.1) is 0 Å². The van der Waals surface area contributed by atoms with Crippen molar-refractivity contribution in [2.45, 2.75) is 6.18 Å². The van der Waals surface area contributed by atoms with Crippen molar-refractivity contribution in [2.75, 3.05) is 5.73 Å². The van der Waals surface area contributed by atoms with Crippen LogP contribution >= 0.6 is 0 Å². The van der Waals surface area contributed by atoms with Crippen LogP contribution in [0.1, 0.15) is 5.56 Å². The summed E-state index contributed by atoms with van der Waals surface area (Å²) in [5, 5.41) is 10.9. The number of nitrogen functional groups attached to an aromatic ring is 1. The van der Waals surface area contributed by atoms with Gasteiger partial charge in [-0.05, 0) is 12.1 Å². The number of hydrogen-bond acceptors (Lipinski definition) is 5. The number of alkyl halides is 3. The number of nitro groups is 1. The zero-order chi connectivity index (χ0) is 14.9. The molecule has 0 atom stereocenters. The molecule has 0 spiro atoms. The molecule has 2 rings (SSSR count). The van der Waals surface area contributed by atoms with Crippen molar-refractivity contribution in [1.29, 1.82) is 0 Å². The first-order chi connectivity index (χ1) is 9.29. The fraction of sp³-hybridized carbons (Fsp3) is 0.0909. The summed E-state index contributed by atoms with van der Waals surface area (Å²) in [6, 6.07) is 4.05. The Morgan fingerprint density at radius 1 is 1.30 bits per heavy atom. The van der Waals surface area contributed by atoms with Gasteiger partial charge < -0.3 is 5.73 Å². The third-order valence-corrected chi connectivity index (χ3v) is 2.45. The maximum absolute atomic E-state index is 12.6. The molecule has 104 valence electrons. The van der Waals surface area contributed by atoms with E-state index in [-0.39, 0.29) is 17.2 Å². The number of hydrogen-bond donors (Lipinski definition) is 1. The van der Waals surface area contributed by atoms with Gasteiger partial charge >= 0.3 is 11.9 Å². The van der Waals surface area contributed by atoms with Crippen molar-refractivity contribution >= 4 is 11.6 Å². The van der Waals surface area contributed by atoms with E-state index in [4.69, 9.17) is 5.73 Å². The second-order valence-electron chi connectivity index (χ2n) is 3.80. The van der Waals surface area contributed by atoms with Crippen molar-refractivity contribution in [3.8, 4) is 11.3 Å². The van der Waals surface area contributed by atoms with Crippen LogP contribution in [0.25, 0.3) is 11.3 Å². The molecule has 0 fully saturated rings. The predicted octanol–water partition coefficient (Wildman–Crippen LogP) is 2.65. The van der Waals surface area contributed by atoms with Gasteiger partial charge in [0.1, 0.15) is 6.20 Å². The molecule has 0 aliphatic heterocycles. The molecule has 2 N–H and O–H groups in total. The van der Waals surface area contributed by atoms with Gasteiger partial charge in [0.15, 0.2) is 5.69 Å². The first-order valence-corrected chi connectivity index (χ1v) is 5.23. The molecule has 0 saturated heterocycles. The highest BCUT2D eigenvalue weighted by Crippen LogP contribution is 2.34. The minimum atomic E-state index is -4.55. The molecule has 1 aromatic carbocycles. The molecule has 0 unspecified atom stereocenters. The van der Waals surface area contributed by atoms with Crippen LogP contribution in [0, 0.1) is 10.1 Å². The van der Waals surface area contributed by atoms with Gasteiger partial charge in [0, 0.05) is 5.56 Å². The lowest BCUT2D eigenvalue weighted by atomic mass is 10.1. The Balaban J connectivity index is 2.62. The van der Waals surface area contributed by atoms with Crippen molar-refractivity contribution in [1.82, 2.24) is 9.97 Å². The summed E-state index contributed by atoms with van der Waals surface area (Å²) >= 11 is 0. The van der Waals surface area contributed by atoms with Crippen LogP contribution in [0.3, 0.4) is 0 Å². The summed E-state index contributed by atoms with van der Waals surface area (Å²) < 4.78 is 37.9.